The van der Waals surface area contributed by atoms with E-state index in [0.29, 0.717) is 12.0 Å². The summed E-state index contributed by atoms with van der Waals surface area (Å²) in [5.74, 6) is -3.54. The average Bonchev–Trinajstić information content (AvgIpc) is 2.53. The van der Waals surface area contributed by atoms with E-state index in [0.717, 1.165) is 31.4 Å². The molecule has 0 spiro atoms. The van der Waals surface area contributed by atoms with E-state index in [2.05, 4.69) is 0 Å². The third-order valence-electron chi connectivity index (χ3n) is 4.12. The second kappa shape index (κ2) is 8.48. The molecular weight excluding hydrogens is 343 g/mol. The fourth-order valence-corrected chi connectivity index (χ4v) is 2.60. The third-order valence-corrected chi connectivity index (χ3v) is 4.12. The van der Waals surface area contributed by atoms with Crippen molar-refractivity contribution in [1.82, 2.24) is 0 Å². The fraction of sp³-hybridized carbons (Fsp3) is 0.550. The summed E-state index contributed by atoms with van der Waals surface area (Å²) in [4.78, 5) is 24.8. The SMILES string of the molecule is CCCCCc1ccc(C(=O)C(C#N)C(=O)C(C)(C)C)c(C(F)(F)F)c1. The number of aryl methyl sites for hydroxylation is 1. The van der Waals surface area contributed by atoms with Gasteiger partial charge in [0.05, 0.1) is 11.6 Å². The second-order valence-electron chi connectivity index (χ2n) is 7.38. The van der Waals surface area contributed by atoms with E-state index < -0.39 is 40.2 Å². The number of hydrogen-bond acceptors (Lipinski definition) is 3. The summed E-state index contributed by atoms with van der Waals surface area (Å²) in [5, 5.41) is 9.21. The molecule has 26 heavy (non-hydrogen) atoms. The van der Waals surface area contributed by atoms with Crippen LogP contribution in [0.5, 0.6) is 0 Å². The minimum absolute atomic E-state index is 0.480. The van der Waals surface area contributed by atoms with Crippen LogP contribution in [0.1, 0.15) is 68.4 Å². The van der Waals surface area contributed by atoms with Gasteiger partial charge in [-0.1, -0.05) is 52.7 Å². The Morgan fingerprint density at radius 1 is 1.15 bits per heavy atom. The number of ketones is 2. The van der Waals surface area contributed by atoms with Crippen LogP contribution < -0.4 is 0 Å². The highest BCUT2D eigenvalue weighted by molar-refractivity contribution is 6.14. The van der Waals surface area contributed by atoms with Gasteiger partial charge in [0.15, 0.2) is 17.5 Å². The highest BCUT2D eigenvalue weighted by atomic mass is 19.4. The monoisotopic (exact) mass is 367 g/mol. The topological polar surface area (TPSA) is 57.9 Å². The van der Waals surface area contributed by atoms with Crippen LogP contribution in [0.15, 0.2) is 18.2 Å². The van der Waals surface area contributed by atoms with Gasteiger partial charge in [0.1, 0.15) is 0 Å². The Bertz CT molecular complexity index is 709. The molecule has 6 heteroatoms. The molecule has 0 fully saturated rings. The molecule has 0 saturated heterocycles. The standard InChI is InChI=1S/C20H24F3NO2/c1-5-6-7-8-13-9-10-14(16(11-13)20(21,22)23)17(25)15(12-24)18(26)19(2,3)4/h9-11,15H,5-8H2,1-4H3. The van der Waals surface area contributed by atoms with E-state index >= 15 is 0 Å². The molecule has 1 rings (SSSR count). The van der Waals surface area contributed by atoms with Crippen LogP contribution in [0.2, 0.25) is 0 Å². The molecule has 0 heterocycles. The van der Waals surface area contributed by atoms with Crippen LogP contribution in [0.4, 0.5) is 13.2 Å². The van der Waals surface area contributed by atoms with Crippen molar-refractivity contribution in [3.63, 3.8) is 0 Å². The number of nitrogens with zero attached hydrogens (tertiary/aromatic N) is 1. The number of carbonyl (C=O) groups excluding carboxylic acids is 2. The number of unbranched alkanes of at least 4 members (excludes halogenated alkanes) is 2. The van der Waals surface area contributed by atoms with E-state index in [-0.39, 0.29) is 0 Å². The summed E-state index contributed by atoms with van der Waals surface area (Å²) in [6.45, 7) is 6.56. The van der Waals surface area contributed by atoms with Crippen molar-refractivity contribution in [2.75, 3.05) is 0 Å². The first-order valence-corrected chi connectivity index (χ1v) is 8.61. The first-order valence-electron chi connectivity index (χ1n) is 8.61. The van der Waals surface area contributed by atoms with Gasteiger partial charge in [0.25, 0.3) is 0 Å². The Morgan fingerprint density at radius 2 is 1.77 bits per heavy atom. The maximum Gasteiger partial charge on any atom is 0.417 e. The summed E-state index contributed by atoms with van der Waals surface area (Å²) in [6, 6.07) is 5.09. The molecule has 3 nitrogen and oxygen atoms in total. The summed E-state index contributed by atoms with van der Waals surface area (Å²) in [7, 11) is 0. The minimum Gasteiger partial charge on any atom is -0.297 e. The Hall–Kier alpha value is -2.16. The lowest BCUT2D eigenvalue weighted by atomic mass is 9.79. The van der Waals surface area contributed by atoms with Gasteiger partial charge in [-0.05, 0) is 24.5 Å². The summed E-state index contributed by atoms with van der Waals surface area (Å²) >= 11 is 0. The normalized spacial score (nSPS) is 13.2. The van der Waals surface area contributed by atoms with Crippen molar-refractivity contribution in [2.45, 2.75) is 59.6 Å². The van der Waals surface area contributed by atoms with E-state index in [9.17, 15) is 28.0 Å². The maximum atomic E-state index is 13.5. The molecule has 0 radical (unpaired) electrons. The van der Waals surface area contributed by atoms with Crippen molar-refractivity contribution >= 4 is 11.6 Å². The van der Waals surface area contributed by atoms with Crippen LogP contribution >= 0.6 is 0 Å². The van der Waals surface area contributed by atoms with Gasteiger partial charge >= 0.3 is 6.18 Å². The molecule has 1 atom stereocenters. The highest BCUT2D eigenvalue weighted by Crippen LogP contribution is 2.35. The predicted octanol–water partition coefficient (Wildman–Crippen LogP) is 5.38. The number of Topliss-reactive ketones (excluding diaryl/α,β-unsaturated/α-hetero) is 2. The molecule has 0 amide bonds. The van der Waals surface area contributed by atoms with Crippen molar-refractivity contribution in [3.05, 3.63) is 34.9 Å². The quantitative estimate of drug-likeness (QED) is 0.369. The van der Waals surface area contributed by atoms with Crippen LogP contribution in [0.25, 0.3) is 0 Å². The Balaban J connectivity index is 3.31. The molecule has 0 saturated carbocycles. The maximum absolute atomic E-state index is 13.5. The summed E-state index contributed by atoms with van der Waals surface area (Å²) in [5.41, 5.74) is -2.23. The molecule has 0 bridgehead atoms. The van der Waals surface area contributed by atoms with Crippen LogP contribution in [-0.2, 0) is 17.4 Å². The lowest BCUT2D eigenvalue weighted by Crippen LogP contribution is -2.33. The number of alkyl halides is 3. The Kier molecular flexibility index (Phi) is 7.14. The van der Waals surface area contributed by atoms with E-state index in [4.69, 9.17) is 0 Å². The smallest absolute Gasteiger partial charge is 0.297 e. The minimum atomic E-state index is -4.74. The molecule has 0 aliphatic carbocycles. The number of nitriles is 1. The second-order valence-corrected chi connectivity index (χ2v) is 7.38. The van der Waals surface area contributed by atoms with Crippen molar-refractivity contribution in [1.29, 1.82) is 5.26 Å². The van der Waals surface area contributed by atoms with E-state index in [1.54, 1.807) is 6.07 Å². The summed E-state index contributed by atoms with van der Waals surface area (Å²) < 4.78 is 40.4. The fourth-order valence-electron chi connectivity index (χ4n) is 2.60. The molecule has 142 valence electrons. The number of carbonyl (C=O) groups is 2. The largest absolute Gasteiger partial charge is 0.417 e. The van der Waals surface area contributed by atoms with Gasteiger partial charge in [-0.15, -0.1) is 0 Å². The van der Waals surface area contributed by atoms with Crippen LogP contribution in [-0.4, -0.2) is 11.6 Å². The van der Waals surface area contributed by atoms with E-state index in [1.165, 1.54) is 26.8 Å². The molecule has 1 aromatic rings. The van der Waals surface area contributed by atoms with Gasteiger partial charge in [-0.3, -0.25) is 9.59 Å². The van der Waals surface area contributed by atoms with Gasteiger partial charge < -0.3 is 0 Å². The molecule has 1 aromatic carbocycles. The third kappa shape index (κ3) is 5.42. The number of halogens is 3. The Morgan fingerprint density at radius 3 is 2.23 bits per heavy atom. The number of benzene rings is 1. The average molecular weight is 367 g/mol. The zero-order chi connectivity index (χ0) is 20.1. The molecule has 0 N–H and O–H groups in total. The summed E-state index contributed by atoms with van der Waals surface area (Å²) in [6.07, 6.45) is -1.66. The first-order chi connectivity index (χ1) is 11.9. The van der Waals surface area contributed by atoms with Gasteiger partial charge in [0, 0.05) is 11.0 Å². The van der Waals surface area contributed by atoms with Crippen molar-refractivity contribution < 1.29 is 22.8 Å². The van der Waals surface area contributed by atoms with Crippen molar-refractivity contribution in [2.24, 2.45) is 11.3 Å². The van der Waals surface area contributed by atoms with Gasteiger partial charge in [-0.25, -0.2) is 0 Å². The van der Waals surface area contributed by atoms with Crippen LogP contribution in [0.3, 0.4) is 0 Å². The molecule has 0 aliphatic rings. The zero-order valence-corrected chi connectivity index (χ0v) is 15.5. The molecule has 0 aromatic heterocycles. The molecule has 0 aliphatic heterocycles. The first kappa shape index (κ1) is 21.9. The molecule has 1 unspecified atom stereocenters. The van der Waals surface area contributed by atoms with Crippen LogP contribution in [0, 0.1) is 22.7 Å². The molecular formula is C20H24F3NO2. The Labute approximate surface area is 152 Å². The predicted molar refractivity (Wildman–Crippen MR) is 92.6 cm³/mol. The number of hydrogen-bond donors (Lipinski definition) is 0. The number of rotatable bonds is 7. The zero-order valence-electron chi connectivity index (χ0n) is 15.5. The van der Waals surface area contributed by atoms with Gasteiger partial charge in [-0.2, -0.15) is 18.4 Å². The van der Waals surface area contributed by atoms with E-state index in [1.807, 2.05) is 6.92 Å². The van der Waals surface area contributed by atoms with Crippen molar-refractivity contribution in [3.8, 4) is 6.07 Å². The lowest BCUT2D eigenvalue weighted by Gasteiger charge is -2.21. The lowest BCUT2D eigenvalue weighted by molar-refractivity contribution is -0.138. The highest BCUT2D eigenvalue weighted by Gasteiger charge is 2.40. The van der Waals surface area contributed by atoms with Gasteiger partial charge in [0.2, 0.25) is 0 Å².